The number of ether oxygens (including phenoxy) is 1. The first kappa shape index (κ1) is 20.6. The van der Waals surface area contributed by atoms with Crippen molar-refractivity contribution < 1.29 is 9.53 Å². The Kier molecular flexibility index (Phi) is 7.49. The summed E-state index contributed by atoms with van der Waals surface area (Å²) >= 11 is 0. The number of hydrogen-bond donors (Lipinski definition) is 1. The second-order valence-corrected chi connectivity index (χ2v) is 7.17. The van der Waals surface area contributed by atoms with Gasteiger partial charge < -0.3 is 15.0 Å². The van der Waals surface area contributed by atoms with Crippen LogP contribution in [0.25, 0.3) is 6.08 Å². The minimum absolute atomic E-state index is 0.163. The van der Waals surface area contributed by atoms with E-state index >= 15 is 0 Å². The van der Waals surface area contributed by atoms with Crippen LogP contribution in [0.4, 0.5) is 5.82 Å². The fourth-order valence-corrected chi connectivity index (χ4v) is 2.81. The van der Waals surface area contributed by atoms with Crippen molar-refractivity contribution in [2.75, 3.05) is 32.6 Å². The molecule has 0 spiro atoms. The van der Waals surface area contributed by atoms with E-state index in [4.69, 9.17) is 0 Å². The molecule has 0 aliphatic carbocycles. The molecule has 1 heterocycles. The molecule has 27 heavy (non-hydrogen) atoms. The number of carbonyl (C=O) groups is 1. The average molecular weight is 368 g/mol. The molecule has 6 nitrogen and oxygen atoms in total. The highest BCUT2D eigenvalue weighted by Gasteiger charge is 2.20. The van der Waals surface area contributed by atoms with Crippen molar-refractivity contribution in [2.24, 2.45) is 0 Å². The van der Waals surface area contributed by atoms with Gasteiger partial charge in [0.1, 0.15) is 5.82 Å². The smallest absolute Gasteiger partial charge is 0.330 e. The van der Waals surface area contributed by atoms with Gasteiger partial charge in [0.25, 0.3) is 0 Å². The van der Waals surface area contributed by atoms with Gasteiger partial charge in [0.2, 0.25) is 0 Å². The Bertz CT molecular complexity index is 743. The summed E-state index contributed by atoms with van der Waals surface area (Å²) in [6, 6.07) is 10.5. The van der Waals surface area contributed by atoms with Crippen LogP contribution in [0.15, 0.2) is 48.8 Å². The number of rotatable bonds is 9. The van der Waals surface area contributed by atoms with Crippen LogP contribution in [0.2, 0.25) is 0 Å². The van der Waals surface area contributed by atoms with E-state index in [0.29, 0.717) is 11.5 Å². The molecule has 1 N–H and O–H groups in total. The molecule has 0 unspecified atom stereocenters. The first-order valence-electron chi connectivity index (χ1n) is 8.97. The number of nitrogens with zero attached hydrogens (tertiary/aromatic N) is 3. The van der Waals surface area contributed by atoms with Gasteiger partial charge in [0.05, 0.1) is 25.2 Å². The van der Waals surface area contributed by atoms with Gasteiger partial charge in [0, 0.05) is 24.7 Å². The SMILES string of the molecule is COC(=O)/C=C/c1cnc(NC(C)(C)CN(C)CCc2ccccc2)cn1. The van der Waals surface area contributed by atoms with Crippen LogP contribution in [-0.4, -0.2) is 53.6 Å². The van der Waals surface area contributed by atoms with Crippen molar-refractivity contribution in [3.63, 3.8) is 0 Å². The lowest BCUT2D eigenvalue weighted by molar-refractivity contribution is -0.134. The number of benzene rings is 1. The van der Waals surface area contributed by atoms with Gasteiger partial charge in [-0.3, -0.25) is 4.98 Å². The van der Waals surface area contributed by atoms with E-state index in [0.717, 1.165) is 19.5 Å². The van der Waals surface area contributed by atoms with Crippen molar-refractivity contribution in [2.45, 2.75) is 25.8 Å². The number of likely N-dealkylation sites (N-methyl/N-ethyl adjacent to an activating group) is 1. The number of anilines is 1. The third kappa shape index (κ3) is 7.58. The van der Waals surface area contributed by atoms with Crippen LogP contribution >= 0.6 is 0 Å². The molecule has 1 aromatic carbocycles. The normalized spacial score (nSPS) is 11.7. The first-order valence-corrected chi connectivity index (χ1v) is 8.97. The molecule has 0 atom stereocenters. The van der Waals surface area contributed by atoms with Crippen LogP contribution in [0.5, 0.6) is 0 Å². The van der Waals surface area contributed by atoms with Crippen molar-refractivity contribution in [1.82, 2.24) is 14.9 Å². The number of esters is 1. The largest absolute Gasteiger partial charge is 0.466 e. The lowest BCUT2D eigenvalue weighted by atomic mass is 10.0. The fourth-order valence-electron chi connectivity index (χ4n) is 2.81. The fraction of sp³-hybridized carbons (Fsp3) is 0.381. The van der Waals surface area contributed by atoms with Crippen LogP contribution < -0.4 is 5.32 Å². The molecule has 0 bridgehead atoms. The Morgan fingerprint density at radius 2 is 1.96 bits per heavy atom. The lowest BCUT2D eigenvalue weighted by Crippen LogP contribution is -2.43. The third-order valence-electron chi connectivity index (χ3n) is 4.02. The molecule has 0 amide bonds. The summed E-state index contributed by atoms with van der Waals surface area (Å²) in [4.78, 5) is 22.1. The standard InChI is InChI=1S/C21H28N4O2/c1-21(2,16-25(3)13-12-17-8-6-5-7-9-17)24-19-15-22-18(14-23-19)10-11-20(26)27-4/h5-11,14-15H,12-13,16H2,1-4H3,(H,23,24)/b11-10+. The second-order valence-electron chi connectivity index (χ2n) is 7.17. The summed E-state index contributed by atoms with van der Waals surface area (Å²) < 4.78 is 4.56. The highest BCUT2D eigenvalue weighted by molar-refractivity contribution is 5.86. The number of carbonyl (C=O) groups excluding carboxylic acids is 1. The Hall–Kier alpha value is -2.73. The molecule has 0 aliphatic rings. The summed E-state index contributed by atoms with van der Waals surface area (Å²) in [5.74, 6) is 0.283. The first-order chi connectivity index (χ1) is 12.9. The van der Waals surface area contributed by atoms with E-state index in [2.05, 4.69) is 70.1 Å². The predicted octanol–water partition coefficient (Wildman–Crippen LogP) is 3.03. The maximum atomic E-state index is 11.1. The summed E-state index contributed by atoms with van der Waals surface area (Å²) in [6.07, 6.45) is 7.21. The Balaban J connectivity index is 1.85. The van der Waals surface area contributed by atoms with Crippen LogP contribution in [-0.2, 0) is 16.0 Å². The summed E-state index contributed by atoms with van der Waals surface area (Å²) in [5.41, 5.74) is 1.78. The molecule has 0 aliphatic heterocycles. The van der Waals surface area contributed by atoms with E-state index < -0.39 is 5.97 Å². The minimum atomic E-state index is -0.418. The number of nitrogens with one attached hydrogen (secondary N) is 1. The van der Waals surface area contributed by atoms with E-state index in [1.165, 1.54) is 18.7 Å². The van der Waals surface area contributed by atoms with Crippen molar-refractivity contribution in [1.29, 1.82) is 0 Å². The Labute approximate surface area is 161 Å². The predicted molar refractivity (Wildman–Crippen MR) is 108 cm³/mol. The van der Waals surface area contributed by atoms with E-state index in [-0.39, 0.29) is 5.54 Å². The molecule has 0 fully saturated rings. The Morgan fingerprint density at radius 1 is 1.22 bits per heavy atom. The van der Waals surface area contributed by atoms with Gasteiger partial charge in [-0.1, -0.05) is 30.3 Å². The molecule has 2 aromatic rings. The summed E-state index contributed by atoms with van der Waals surface area (Å²) in [5, 5.41) is 3.42. The zero-order chi connectivity index (χ0) is 19.7. The zero-order valence-electron chi connectivity index (χ0n) is 16.5. The molecular formula is C21H28N4O2. The lowest BCUT2D eigenvalue weighted by Gasteiger charge is -2.31. The van der Waals surface area contributed by atoms with Gasteiger partial charge >= 0.3 is 5.97 Å². The monoisotopic (exact) mass is 368 g/mol. The third-order valence-corrected chi connectivity index (χ3v) is 4.02. The van der Waals surface area contributed by atoms with Gasteiger partial charge in [-0.2, -0.15) is 0 Å². The van der Waals surface area contributed by atoms with Crippen LogP contribution in [0, 0.1) is 0 Å². The maximum absolute atomic E-state index is 11.1. The molecule has 144 valence electrons. The molecule has 0 saturated carbocycles. The van der Waals surface area contributed by atoms with Gasteiger partial charge in [0.15, 0.2) is 0 Å². The molecule has 0 saturated heterocycles. The van der Waals surface area contributed by atoms with Crippen LogP contribution in [0.3, 0.4) is 0 Å². The maximum Gasteiger partial charge on any atom is 0.330 e. The van der Waals surface area contributed by atoms with Crippen molar-refractivity contribution in [3.05, 3.63) is 60.1 Å². The van der Waals surface area contributed by atoms with Gasteiger partial charge in [-0.15, -0.1) is 0 Å². The second kappa shape index (κ2) is 9.83. The number of hydrogen-bond acceptors (Lipinski definition) is 6. The van der Waals surface area contributed by atoms with Crippen molar-refractivity contribution >= 4 is 17.9 Å². The van der Waals surface area contributed by atoms with Crippen LogP contribution in [0.1, 0.15) is 25.1 Å². The highest BCUT2D eigenvalue weighted by atomic mass is 16.5. The molecule has 1 aromatic heterocycles. The summed E-state index contributed by atoms with van der Waals surface area (Å²) in [6.45, 7) is 6.13. The van der Waals surface area contributed by atoms with E-state index in [1.54, 1.807) is 18.5 Å². The number of aromatic nitrogens is 2. The minimum Gasteiger partial charge on any atom is -0.466 e. The zero-order valence-corrected chi connectivity index (χ0v) is 16.5. The highest BCUT2D eigenvalue weighted by Crippen LogP contribution is 2.14. The van der Waals surface area contributed by atoms with E-state index in [9.17, 15) is 4.79 Å². The topological polar surface area (TPSA) is 67.3 Å². The van der Waals surface area contributed by atoms with E-state index in [1.807, 2.05) is 6.07 Å². The molecule has 0 radical (unpaired) electrons. The number of methoxy groups -OCH3 is 1. The Morgan fingerprint density at radius 3 is 2.59 bits per heavy atom. The molecule has 2 rings (SSSR count). The average Bonchev–Trinajstić information content (AvgIpc) is 2.65. The molecular weight excluding hydrogens is 340 g/mol. The quantitative estimate of drug-likeness (QED) is 0.542. The molecule has 6 heteroatoms. The summed E-state index contributed by atoms with van der Waals surface area (Å²) in [7, 11) is 3.46. The van der Waals surface area contributed by atoms with Gasteiger partial charge in [-0.05, 0) is 39.0 Å². The van der Waals surface area contributed by atoms with Crippen molar-refractivity contribution in [3.8, 4) is 0 Å². The van der Waals surface area contributed by atoms with Gasteiger partial charge in [-0.25, -0.2) is 9.78 Å².